The molecular formula is C9H23N2+. The standard InChI is InChI=1S/C9H23N2/c1-7(2)11(10,8(3)4)9(5)6/h7-9H,10H2,1-6H3/q+1. The van der Waals surface area contributed by atoms with Crippen LogP contribution >= 0.6 is 0 Å². The molecule has 0 unspecified atom stereocenters. The molecule has 0 radical (unpaired) electrons. The minimum Gasteiger partial charge on any atom is -0.242 e. The number of hydrogen-bond donors (Lipinski definition) is 1. The van der Waals surface area contributed by atoms with Crippen LogP contribution in [0.3, 0.4) is 0 Å². The highest BCUT2D eigenvalue weighted by Gasteiger charge is 2.34. The van der Waals surface area contributed by atoms with Crippen LogP contribution < -0.4 is 5.84 Å². The van der Waals surface area contributed by atoms with Gasteiger partial charge in [-0.1, -0.05) is 0 Å². The molecule has 0 aromatic carbocycles. The van der Waals surface area contributed by atoms with E-state index in [1.54, 1.807) is 0 Å². The zero-order valence-electron chi connectivity index (χ0n) is 8.76. The van der Waals surface area contributed by atoms with Gasteiger partial charge in [-0.25, -0.2) is 4.59 Å². The van der Waals surface area contributed by atoms with Gasteiger partial charge in [0.05, 0.1) is 0 Å². The van der Waals surface area contributed by atoms with E-state index in [4.69, 9.17) is 5.84 Å². The Balaban J connectivity index is 4.53. The minimum atomic E-state index is 0.495. The summed E-state index contributed by atoms with van der Waals surface area (Å²) in [5.41, 5.74) is 0. The number of nitrogens with zero attached hydrogens (tertiary/aromatic N) is 1. The Hall–Kier alpha value is -0.0800. The van der Waals surface area contributed by atoms with Gasteiger partial charge in [0.1, 0.15) is 18.1 Å². The normalized spacial score (nSPS) is 13.6. The van der Waals surface area contributed by atoms with Crippen LogP contribution in [-0.2, 0) is 0 Å². The molecule has 0 aromatic heterocycles. The molecule has 0 saturated heterocycles. The van der Waals surface area contributed by atoms with E-state index in [0.717, 1.165) is 0 Å². The molecular weight excluding hydrogens is 136 g/mol. The molecule has 2 nitrogen and oxygen atoms in total. The van der Waals surface area contributed by atoms with E-state index in [2.05, 4.69) is 41.5 Å². The van der Waals surface area contributed by atoms with Crippen LogP contribution in [0.4, 0.5) is 0 Å². The fourth-order valence-electron chi connectivity index (χ4n) is 1.79. The van der Waals surface area contributed by atoms with Gasteiger partial charge in [0.15, 0.2) is 0 Å². The zero-order chi connectivity index (χ0) is 9.23. The lowest BCUT2D eigenvalue weighted by Gasteiger charge is -2.44. The van der Waals surface area contributed by atoms with Crippen LogP contribution in [0.2, 0.25) is 0 Å². The maximum absolute atomic E-state index is 6.26. The topological polar surface area (TPSA) is 26.0 Å². The Labute approximate surface area is 70.9 Å². The molecule has 2 N–H and O–H groups in total. The third-order valence-electron chi connectivity index (χ3n) is 2.68. The first-order valence-electron chi connectivity index (χ1n) is 4.50. The van der Waals surface area contributed by atoms with Crippen molar-refractivity contribution < 1.29 is 4.59 Å². The molecule has 0 spiro atoms. The summed E-state index contributed by atoms with van der Waals surface area (Å²) < 4.78 is 0.667. The third-order valence-corrected chi connectivity index (χ3v) is 2.68. The summed E-state index contributed by atoms with van der Waals surface area (Å²) in [7, 11) is 0. The fraction of sp³-hybridized carbons (Fsp3) is 1.00. The minimum absolute atomic E-state index is 0.495. The average Bonchev–Trinajstić information content (AvgIpc) is 1.84. The van der Waals surface area contributed by atoms with Gasteiger partial charge >= 0.3 is 0 Å². The highest BCUT2D eigenvalue weighted by atomic mass is 15.6. The molecule has 11 heavy (non-hydrogen) atoms. The number of hydrogen-bond acceptors (Lipinski definition) is 1. The second-order valence-electron chi connectivity index (χ2n) is 4.18. The van der Waals surface area contributed by atoms with Crippen molar-refractivity contribution in [3.63, 3.8) is 0 Å². The highest BCUT2D eigenvalue weighted by Crippen LogP contribution is 2.17. The second-order valence-corrected chi connectivity index (χ2v) is 4.18. The lowest BCUT2D eigenvalue weighted by Crippen LogP contribution is -2.66. The Morgan fingerprint density at radius 3 is 0.909 bits per heavy atom. The van der Waals surface area contributed by atoms with Crippen molar-refractivity contribution in [2.45, 2.75) is 59.7 Å². The van der Waals surface area contributed by atoms with Crippen LogP contribution in [0.25, 0.3) is 0 Å². The van der Waals surface area contributed by atoms with Crippen LogP contribution in [-0.4, -0.2) is 22.7 Å². The number of rotatable bonds is 3. The first kappa shape index (κ1) is 10.9. The molecule has 0 saturated carbocycles. The quantitative estimate of drug-likeness (QED) is 0.380. The molecule has 0 atom stereocenters. The SMILES string of the molecule is CC(C)[N+](N)(C(C)C)C(C)C. The zero-order valence-corrected chi connectivity index (χ0v) is 8.76. The molecule has 0 aliphatic heterocycles. The summed E-state index contributed by atoms with van der Waals surface area (Å²) in [5, 5.41) is 0. The van der Waals surface area contributed by atoms with Crippen molar-refractivity contribution >= 4 is 0 Å². The molecule has 0 bridgehead atoms. The number of quaternary nitrogens is 1. The first-order valence-corrected chi connectivity index (χ1v) is 4.50. The Morgan fingerprint density at radius 1 is 0.727 bits per heavy atom. The van der Waals surface area contributed by atoms with Gasteiger partial charge in [-0.15, -0.1) is 0 Å². The maximum atomic E-state index is 6.26. The fourth-order valence-corrected chi connectivity index (χ4v) is 1.79. The number of nitrogens with two attached hydrogens (primary N) is 1. The highest BCUT2D eigenvalue weighted by molar-refractivity contribution is 4.52. The van der Waals surface area contributed by atoms with Crippen LogP contribution in [0.5, 0.6) is 0 Å². The third kappa shape index (κ3) is 1.94. The van der Waals surface area contributed by atoms with Crippen molar-refractivity contribution in [2.75, 3.05) is 0 Å². The van der Waals surface area contributed by atoms with Crippen molar-refractivity contribution in [1.82, 2.24) is 0 Å². The van der Waals surface area contributed by atoms with Gasteiger partial charge in [0.2, 0.25) is 0 Å². The molecule has 0 rings (SSSR count). The maximum Gasteiger partial charge on any atom is 0.101 e. The smallest absolute Gasteiger partial charge is 0.101 e. The van der Waals surface area contributed by atoms with Crippen molar-refractivity contribution in [1.29, 1.82) is 0 Å². The summed E-state index contributed by atoms with van der Waals surface area (Å²) >= 11 is 0. The van der Waals surface area contributed by atoms with Crippen LogP contribution in [0.1, 0.15) is 41.5 Å². The predicted octanol–water partition coefficient (Wildman–Crippen LogP) is 1.90. The predicted molar refractivity (Wildman–Crippen MR) is 49.9 cm³/mol. The summed E-state index contributed by atoms with van der Waals surface area (Å²) in [4.78, 5) is 0. The molecule has 0 aliphatic carbocycles. The van der Waals surface area contributed by atoms with E-state index in [-0.39, 0.29) is 0 Å². The lowest BCUT2D eigenvalue weighted by molar-refractivity contribution is -0.996. The molecule has 0 heterocycles. The van der Waals surface area contributed by atoms with Crippen molar-refractivity contribution in [3.8, 4) is 0 Å². The van der Waals surface area contributed by atoms with Crippen molar-refractivity contribution in [2.24, 2.45) is 5.84 Å². The molecule has 0 amide bonds. The molecule has 0 aliphatic rings. The van der Waals surface area contributed by atoms with Crippen molar-refractivity contribution in [3.05, 3.63) is 0 Å². The monoisotopic (exact) mass is 159 g/mol. The summed E-state index contributed by atoms with van der Waals surface area (Å²) in [6.45, 7) is 13.1. The van der Waals surface area contributed by atoms with Crippen LogP contribution in [0.15, 0.2) is 0 Å². The Bertz CT molecular complexity index is 95.0. The van der Waals surface area contributed by atoms with E-state index in [1.165, 1.54) is 0 Å². The molecule has 2 heteroatoms. The molecule has 0 aromatic rings. The van der Waals surface area contributed by atoms with Gasteiger partial charge in [0, 0.05) is 0 Å². The Morgan fingerprint density at radius 2 is 0.909 bits per heavy atom. The molecule has 68 valence electrons. The van der Waals surface area contributed by atoms with Gasteiger partial charge in [-0.2, -0.15) is 5.84 Å². The van der Waals surface area contributed by atoms with E-state index in [9.17, 15) is 0 Å². The van der Waals surface area contributed by atoms with Gasteiger partial charge in [-0.3, -0.25) is 0 Å². The molecule has 0 fully saturated rings. The summed E-state index contributed by atoms with van der Waals surface area (Å²) in [6.07, 6.45) is 0. The summed E-state index contributed by atoms with van der Waals surface area (Å²) in [6, 6.07) is 1.49. The largest absolute Gasteiger partial charge is 0.242 e. The van der Waals surface area contributed by atoms with E-state index < -0.39 is 0 Å². The van der Waals surface area contributed by atoms with Gasteiger partial charge in [0.25, 0.3) is 0 Å². The van der Waals surface area contributed by atoms with E-state index in [0.29, 0.717) is 22.7 Å². The second kappa shape index (κ2) is 3.55. The van der Waals surface area contributed by atoms with E-state index >= 15 is 0 Å². The van der Waals surface area contributed by atoms with E-state index in [1.807, 2.05) is 0 Å². The van der Waals surface area contributed by atoms with Gasteiger partial charge < -0.3 is 0 Å². The van der Waals surface area contributed by atoms with Gasteiger partial charge in [-0.05, 0) is 41.5 Å². The summed E-state index contributed by atoms with van der Waals surface area (Å²) in [5.74, 6) is 6.26. The average molecular weight is 159 g/mol. The first-order chi connectivity index (χ1) is 4.83. The lowest BCUT2D eigenvalue weighted by atomic mass is 10.1. The van der Waals surface area contributed by atoms with Crippen LogP contribution in [0, 0.1) is 0 Å². The Kier molecular flexibility index (Phi) is 3.52.